The first-order valence-corrected chi connectivity index (χ1v) is 11.1. The maximum Gasteiger partial charge on any atom is 0.275 e. The van der Waals surface area contributed by atoms with Crippen LogP contribution in [0.15, 0.2) is 53.4 Å². The fourth-order valence-corrected chi connectivity index (χ4v) is 3.38. The molecule has 2 atom stereocenters. The van der Waals surface area contributed by atoms with Gasteiger partial charge in [-0.05, 0) is 68.1 Å². The molecule has 0 radical (unpaired) electrons. The van der Waals surface area contributed by atoms with Gasteiger partial charge >= 0.3 is 0 Å². The molecule has 0 saturated carbocycles. The largest absolute Gasteiger partial charge is 0.494 e. The van der Waals surface area contributed by atoms with E-state index in [1.807, 2.05) is 6.92 Å². The molecular weight excluding hydrogens is 392 g/mol. The summed E-state index contributed by atoms with van der Waals surface area (Å²) in [6, 6.07) is 13.4. The highest BCUT2D eigenvalue weighted by molar-refractivity contribution is 7.89. The molecule has 1 amide bonds. The van der Waals surface area contributed by atoms with Crippen molar-refractivity contribution in [2.75, 3.05) is 6.61 Å². The Labute approximate surface area is 172 Å². The Bertz CT molecular complexity index is 896. The van der Waals surface area contributed by atoms with Crippen molar-refractivity contribution in [3.05, 3.63) is 54.1 Å². The Morgan fingerprint density at radius 1 is 0.966 bits per heavy atom. The van der Waals surface area contributed by atoms with Crippen molar-refractivity contribution in [1.29, 1.82) is 0 Å². The normalized spacial score (nSPS) is 13.4. The van der Waals surface area contributed by atoms with Gasteiger partial charge in [-0.1, -0.05) is 26.0 Å². The average molecular weight is 421 g/mol. The van der Waals surface area contributed by atoms with Crippen LogP contribution in [-0.4, -0.2) is 27.0 Å². The molecule has 0 saturated heterocycles. The van der Waals surface area contributed by atoms with E-state index in [-0.39, 0.29) is 4.90 Å². The number of hydrogen-bond acceptors (Lipinski definition) is 5. The summed E-state index contributed by atoms with van der Waals surface area (Å²) in [5, 5.41) is 0. The maximum absolute atomic E-state index is 12.4. The Morgan fingerprint density at radius 2 is 1.55 bits per heavy atom. The SMILES string of the molecule is CCOc1ccc(O[C@@H](C)C(=O)NNS(=O)(=O)c2ccc([C@@H](C)CC)cc2)cc1. The summed E-state index contributed by atoms with van der Waals surface area (Å²) in [5.41, 5.74) is 3.26. The Balaban J connectivity index is 1.92. The highest BCUT2D eigenvalue weighted by Gasteiger charge is 2.19. The standard InChI is InChI=1S/C21H28N2O5S/c1-5-15(3)17-7-13-20(14-8-17)29(25,26)23-22-21(24)16(4)28-19-11-9-18(10-12-19)27-6-2/h7-16,23H,5-6H2,1-4H3,(H,22,24)/t15-,16-/m0/s1. The molecule has 7 nitrogen and oxygen atoms in total. The quantitative estimate of drug-likeness (QED) is 0.575. The number of amides is 1. The summed E-state index contributed by atoms with van der Waals surface area (Å²) >= 11 is 0. The molecule has 2 aromatic rings. The Hall–Kier alpha value is -2.58. The smallest absolute Gasteiger partial charge is 0.275 e. The molecule has 2 aromatic carbocycles. The minimum Gasteiger partial charge on any atom is -0.494 e. The minimum absolute atomic E-state index is 0.0740. The lowest BCUT2D eigenvalue weighted by molar-refractivity contribution is -0.127. The van der Waals surface area contributed by atoms with Crippen molar-refractivity contribution in [3.63, 3.8) is 0 Å². The first-order chi connectivity index (χ1) is 13.8. The second kappa shape index (κ2) is 10.3. The third kappa shape index (κ3) is 6.47. The van der Waals surface area contributed by atoms with Crippen LogP contribution >= 0.6 is 0 Å². The van der Waals surface area contributed by atoms with Gasteiger partial charge in [0, 0.05) is 0 Å². The highest BCUT2D eigenvalue weighted by atomic mass is 32.2. The summed E-state index contributed by atoms with van der Waals surface area (Å²) in [6.45, 7) is 8.12. The van der Waals surface area contributed by atoms with Crippen LogP contribution < -0.4 is 19.7 Å². The number of benzene rings is 2. The molecule has 0 aliphatic rings. The topological polar surface area (TPSA) is 93.7 Å². The fourth-order valence-electron chi connectivity index (χ4n) is 2.53. The second-order valence-corrected chi connectivity index (χ2v) is 8.32. The van der Waals surface area contributed by atoms with E-state index >= 15 is 0 Å². The van der Waals surface area contributed by atoms with Gasteiger partial charge in [0.05, 0.1) is 11.5 Å². The molecule has 0 aromatic heterocycles. The molecule has 0 heterocycles. The molecule has 0 spiro atoms. The van der Waals surface area contributed by atoms with Gasteiger partial charge in [0.1, 0.15) is 11.5 Å². The molecule has 0 unspecified atom stereocenters. The monoisotopic (exact) mass is 420 g/mol. The van der Waals surface area contributed by atoms with Gasteiger partial charge in [0.2, 0.25) is 0 Å². The zero-order chi connectivity index (χ0) is 21.4. The van der Waals surface area contributed by atoms with Gasteiger partial charge in [-0.15, -0.1) is 4.83 Å². The van der Waals surface area contributed by atoms with E-state index in [1.54, 1.807) is 36.4 Å². The van der Waals surface area contributed by atoms with E-state index < -0.39 is 22.0 Å². The molecule has 8 heteroatoms. The molecule has 0 fully saturated rings. The molecule has 0 aliphatic carbocycles. The Morgan fingerprint density at radius 3 is 2.10 bits per heavy atom. The summed E-state index contributed by atoms with van der Waals surface area (Å²) in [4.78, 5) is 14.4. The van der Waals surface area contributed by atoms with E-state index in [4.69, 9.17) is 9.47 Å². The molecule has 0 bridgehead atoms. The van der Waals surface area contributed by atoms with E-state index in [0.29, 0.717) is 24.0 Å². The molecule has 2 rings (SSSR count). The van der Waals surface area contributed by atoms with Crippen LogP contribution in [-0.2, 0) is 14.8 Å². The zero-order valence-electron chi connectivity index (χ0n) is 17.1. The number of rotatable bonds is 10. The fraction of sp³-hybridized carbons (Fsp3) is 0.381. The van der Waals surface area contributed by atoms with Crippen LogP contribution in [0.2, 0.25) is 0 Å². The predicted molar refractivity (Wildman–Crippen MR) is 111 cm³/mol. The highest BCUT2D eigenvalue weighted by Crippen LogP contribution is 2.20. The van der Waals surface area contributed by atoms with Crippen LogP contribution in [0.3, 0.4) is 0 Å². The van der Waals surface area contributed by atoms with Crippen LogP contribution in [0, 0.1) is 0 Å². The summed E-state index contributed by atoms with van der Waals surface area (Å²) in [5.74, 6) is 0.905. The van der Waals surface area contributed by atoms with Gasteiger partial charge in [0.25, 0.3) is 15.9 Å². The van der Waals surface area contributed by atoms with E-state index in [1.165, 1.54) is 19.1 Å². The van der Waals surface area contributed by atoms with E-state index in [0.717, 1.165) is 12.0 Å². The van der Waals surface area contributed by atoms with Crippen LogP contribution in [0.5, 0.6) is 11.5 Å². The van der Waals surface area contributed by atoms with E-state index in [9.17, 15) is 13.2 Å². The van der Waals surface area contributed by atoms with Crippen molar-refractivity contribution in [1.82, 2.24) is 10.3 Å². The summed E-state index contributed by atoms with van der Waals surface area (Å²) < 4.78 is 35.7. The molecule has 2 N–H and O–H groups in total. The third-order valence-corrected chi connectivity index (χ3v) is 5.76. The average Bonchev–Trinajstić information content (AvgIpc) is 2.73. The summed E-state index contributed by atoms with van der Waals surface area (Å²) in [7, 11) is -3.88. The first kappa shape index (κ1) is 22.7. The third-order valence-electron chi connectivity index (χ3n) is 4.50. The van der Waals surface area contributed by atoms with Crippen molar-refractivity contribution in [2.45, 2.75) is 51.0 Å². The molecule has 29 heavy (non-hydrogen) atoms. The van der Waals surface area contributed by atoms with Crippen molar-refractivity contribution >= 4 is 15.9 Å². The maximum atomic E-state index is 12.4. The van der Waals surface area contributed by atoms with Crippen molar-refractivity contribution < 1.29 is 22.7 Å². The lowest BCUT2D eigenvalue weighted by Crippen LogP contribution is -2.47. The predicted octanol–water partition coefficient (Wildman–Crippen LogP) is 3.38. The minimum atomic E-state index is -3.88. The Kier molecular flexibility index (Phi) is 8.04. The number of hydrogen-bond donors (Lipinski definition) is 2. The van der Waals surface area contributed by atoms with Crippen LogP contribution in [0.1, 0.15) is 45.6 Å². The summed E-state index contributed by atoms with van der Waals surface area (Å²) in [6.07, 6.45) is 0.0653. The number of nitrogens with one attached hydrogen (secondary N) is 2. The van der Waals surface area contributed by atoms with Gasteiger partial charge in [-0.2, -0.15) is 0 Å². The second-order valence-electron chi connectivity index (χ2n) is 6.64. The first-order valence-electron chi connectivity index (χ1n) is 9.58. The van der Waals surface area contributed by atoms with Crippen LogP contribution in [0.4, 0.5) is 0 Å². The number of sulfonamides is 1. The number of carbonyl (C=O) groups excluding carboxylic acids is 1. The van der Waals surface area contributed by atoms with Crippen molar-refractivity contribution in [3.8, 4) is 11.5 Å². The number of hydrazine groups is 1. The van der Waals surface area contributed by atoms with Crippen LogP contribution in [0.25, 0.3) is 0 Å². The van der Waals surface area contributed by atoms with Gasteiger partial charge in [-0.25, -0.2) is 8.42 Å². The molecule has 0 aliphatic heterocycles. The number of ether oxygens (including phenoxy) is 2. The lowest BCUT2D eigenvalue weighted by Gasteiger charge is -2.16. The van der Waals surface area contributed by atoms with E-state index in [2.05, 4.69) is 24.1 Å². The van der Waals surface area contributed by atoms with Crippen molar-refractivity contribution in [2.24, 2.45) is 0 Å². The van der Waals surface area contributed by atoms with Gasteiger partial charge in [-0.3, -0.25) is 10.2 Å². The number of carbonyl (C=O) groups is 1. The molecule has 158 valence electrons. The molecular formula is C21H28N2O5S. The zero-order valence-corrected chi connectivity index (χ0v) is 18.0. The van der Waals surface area contributed by atoms with Gasteiger partial charge < -0.3 is 9.47 Å². The van der Waals surface area contributed by atoms with Gasteiger partial charge in [0.15, 0.2) is 6.10 Å². The lowest BCUT2D eigenvalue weighted by atomic mass is 9.99.